The SMILES string of the molecule is O=C(CCC1CCCCC1)C(F)(F)S(=O)(=O)O. The van der Waals surface area contributed by atoms with Crippen molar-refractivity contribution < 1.29 is 26.5 Å². The molecule has 1 aliphatic rings. The Morgan fingerprint density at radius 2 is 1.76 bits per heavy atom. The van der Waals surface area contributed by atoms with Crippen molar-refractivity contribution in [2.24, 2.45) is 5.92 Å². The summed E-state index contributed by atoms with van der Waals surface area (Å²) in [5.74, 6) is -1.50. The molecule has 7 heteroatoms. The summed E-state index contributed by atoms with van der Waals surface area (Å²) in [6.45, 7) is 0. The van der Waals surface area contributed by atoms with Gasteiger partial charge in [0.05, 0.1) is 0 Å². The van der Waals surface area contributed by atoms with Gasteiger partial charge in [-0.1, -0.05) is 32.1 Å². The van der Waals surface area contributed by atoms with Gasteiger partial charge in [0.25, 0.3) is 0 Å². The average molecular weight is 270 g/mol. The van der Waals surface area contributed by atoms with E-state index in [2.05, 4.69) is 0 Å². The zero-order chi connectivity index (χ0) is 13.1. The van der Waals surface area contributed by atoms with Gasteiger partial charge in [0, 0.05) is 6.42 Å². The van der Waals surface area contributed by atoms with Crippen LogP contribution >= 0.6 is 0 Å². The summed E-state index contributed by atoms with van der Waals surface area (Å²) in [4.78, 5) is 11.1. The topological polar surface area (TPSA) is 71.4 Å². The van der Waals surface area contributed by atoms with Crippen LogP contribution in [0.4, 0.5) is 8.78 Å². The van der Waals surface area contributed by atoms with E-state index in [0.717, 1.165) is 32.1 Å². The van der Waals surface area contributed by atoms with Gasteiger partial charge in [0.1, 0.15) is 0 Å². The molecule has 0 saturated heterocycles. The van der Waals surface area contributed by atoms with Gasteiger partial charge in [-0.2, -0.15) is 17.2 Å². The third-order valence-corrected chi connectivity index (χ3v) is 4.03. The molecule has 1 rings (SSSR count). The van der Waals surface area contributed by atoms with E-state index in [0.29, 0.717) is 0 Å². The monoisotopic (exact) mass is 270 g/mol. The highest BCUT2D eigenvalue weighted by atomic mass is 32.2. The molecule has 0 atom stereocenters. The van der Waals surface area contributed by atoms with Crippen LogP contribution in [0, 0.1) is 5.92 Å². The lowest BCUT2D eigenvalue weighted by atomic mass is 9.86. The molecule has 0 spiro atoms. The Balaban J connectivity index is 2.49. The molecular formula is C10H16F2O4S. The third-order valence-electron chi connectivity index (χ3n) is 3.15. The van der Waals surface area contributed by atoms with Gasteiger partial charge in [-0.25, -0.2) is 0 Å². The Morgan fingerprint density at radius 1 is 1.24 bits per heavy atom. The zero-order valence-corrected chi connectivity index (χ0v) is 10.2. The fourth-order valence-electron chi connectivity index (χ4n) is 2.10. The smallest absolute Gasteiger partial charge is 0.292 e. The van der Waals surface area contributed by atoms with Gasteiger partial charge < -0.3 is 0 Å². The van der Waals surface area contributed by atoms with Gasteiger partial charge in [0.15, 0.2) is 0 Å². The molecule has 0 aromatic carbocycles. The summed E-state index contributed by atoms with van der Waals surface area (Å²) < 4.78 is 54.7. The summed E-state index contributed by atoms with van der Waals surface area (Å²) in [7, 11) is -5.64. The molecular weight excluding hydrogens is 254 g/mol. The van der Waals surface area contributed by atoms with E-state index in [1.54, 1.807) is 0 Å². The second kappa shape index (κ2) is 5.39. The van der Waals surface area contributed by atoms with E-state index >= 15 is 0 Å². The molecule has 0 aromatic rings. The number of halogens is 2. The maximum atomic E-state index is 12.9. The summed E-state index contributed by atoms with van der Waals surface area (Å²) in [5.41, 5.74) is 0. The number of rotatable bonds is 5. The van der Waals surface area contributed by atoms with Crippen LogP contribution in [-0.4, -0.2) is 24.0 Å². The number of hydrogen-bond donors (Lipinski definition) is 1. The molecule has 100 valence electrons. The van der Waals surface area contributed by atoms with Crippen molar-refractivity contribution in [3.8, 4) is 0 Å². The Morgan fingerprint density at radius 3 is 2.24 bits per heavy atom. The quantitative estimate of drug-likeness (QED) is 0.779. The molecule has 0 aromatic heterocycles. The van der Waals surface area contributed by atoms with Gasteiger partial charge in [-0.05, 0) is 12.3 Å². The van der Waals surface area contributed by atoms with Crippen LogP contribution in [0.25, 0.3) is 0 Å². The highest BCUT2D eigenvalue weighted by Gasteiger charge is 2.51. The first kappa shape index (κ1) is 14.5. The molecule has 4 nitrogen and oxygen atoms in total. The Labute approximate surface area is 99.1 Å². The minimum atomic E-state index is -5.64. The molecule has 1 aliphatic carbocycles. The minimum Gasteiger partial charge on any atom is -0.292 e. The Bertz CT molecular complexity index is 372. The molecule has 1 fully saturated rings. The molecule has 0 bridgehead atoms. The lowest BCUT2D eigenvalue weighted by molar-refractivity contribution is -0.134. The molecule has 0 unspecified atom stereocenters. The van der Waals surface area contributed by atoms with Crippen LogP contribution in [0.5, 0.6) is 0 Å². The van der Waals surface area contributed by atoms with Crippen molar-refractivity contribution in [3.05, 3.63) is 0 Å². The van der Waals surface area contributed by atoms with E-state index in [-0.39, 0.29) is 12.3 Å². The van der Waals surface area contributed by atoms with E-state index in [1.165, 1.54) is 0 Å². The number of alkyl halides is 2. The first-order valence-electron chi connectivity index (χ1n) is 5.63. The summed E-state index contributed by atoms with van der Waals surface area (Å²) >= 11 is 0. The first-order chi connectivity index (χ1) is 7.75. The number of carbonyl (C=O) groups excluding carboxylic acids is 1. The van der Waals surface area contributed by atoms with Crippen LogP contribution < -0.4 is 0 Å². The highest BCUT2D eigenvalue weighted by Crippen LogP contribution is 2.30. The maximum absolute atomic E-state index is 12.9. The first-order valence-corrected chi connectivity index (χ1v) is 7.07. The van der Waals surface area contributed by atoms with Gasteiger partial charge in [-0.3, -0.25) is 9.35 Å². The largest absolute Gasteiger partial charge is 0.426 e. The average Bonchev–Trinajstić information content (AvgIpc) is 2.25. The van der Waals surface area contributed by atoms with Crippen LogP contribution in [-0.2, 0) is 14.9 Å². The van der Waals surface area contributed by atoms with E-state index < -0.39 is 27.6 Å². The zero-order valence-electron chi connectivity index (χ0n) is 9.36. The lowest BCUT2D eigenvalue weighted by Gasteiger charge is -2.21. The van der Waals surface area contributed by atoms with Crippen molar-refractivity contribution in [1.82, 2.24) is 0 Å². The fourth-order valence-corrected chi connectivity index (χ4v) is 2.49. The van der Waals surface area contributed by atoms with Crippen molar-refractivity contribution in [1.29, 1.82) is 0 Å². The molecule has 0 heterocycles. The number of hydrogen-bond acceptors (Lipinski definition) is 3. The molecule has 1 N–H and O–H groups in total. The van der Waals surface area contributed by atoms with Crippen molar-refractivity contribution in [2.75, 3.05) is 0 Å². The standard InChI is InChI=1S/C10H16F2O4S/c11-10(12,17(14,15)16)9(13)7-6-8-4-2-1-3-5-8/h8H,1-7H2,(H,14,15,16). The predicted octanol–water partition coefficient (Wildman–Crippen LogP) is 2.40. The van der Waals surface area contributed by atoms with Crippen LogP contribution in [0.15, 0.2) is 0 Å². The molecule has 1 saturated carbocycles. The predicted molar refractivity (Wildman–Crippen MR) is 57.3 cm³/mol. The number of ketones is 1. The van der Waals surface area contributed by atoms with Crippen molar-refractivity contribution in [2.45, 2.75) is 50.2 Å². The molecule has 17 heavy (non-hydrogen) atoms. The van der Waals surface area contributed by atoms with Gasteiger partial charge in [0.2, 0.25) is 5.78 Å². The van der Waals surface area contributed by atoms with Gasteiger partial charge in [-0.15, -0.1) is 0 Å². The highest BCUT2D eigenvalue weighted by molar-refractivity contribution is 7.87. The third kappa shape index (κ3) is 3.70. The van der Waals surface area contributed by atoms with E-state index in [1.807, 2.05) is 0 Å². The van der Waals surface area contributed by atoms with Gasteiger partial charge >= 0.3 is 15.4 Å². The van der Waals surface area contributed by atoms with Crippen molar-refractivity contribution in [3.63, 3.8) is 0 Å². The normalized spacial score (nSPS) is 19.2. The van der Waals surface area contributed by atoms with Crippen LogP contribution in [0.1, 0.15) is 44.9 Å². The molecule has 0 aliphatic heterocycles. The van der Waals surface area contributed by atoms with E-state index in [9.17, 15) is 22.0 Å². The number of carbonyl (C=O) groups is 1. The van der Waals surface area contributed by atoms with Crippen molar-refractivity contribution >= 4 is 15.9 Å². The van der Waals surface area contributed by atoms with Crippen LogP contribution in [0.2, 0.25) is 0 Å². The minimum absolute atomic E-state index is 0.213. The molecule has 0 amide bonds. The Kier molecular flexibility index (Phi) is 4.60. The summed E-state index contributed by atoms with van der Waals surface area (Å²) in [6.07, 6.45) is 4.71. The Hall–Kier alpha value is -0.560. The summed E-state index contributed by atoms with van der Waals surface area (Å²) in [6, 6.07) is 0. The van der Waals surface area contributed by atoms with Crippen LogP contribution in [0.3, 0.4) is 0 Å². The number of Topliss-reactive ketones (excluding diaryl/α,β-unsaturated/α-hetero) is 1. The summed E-state index contributed by atoms with van der Waals surface area (Å²) in [5, 5.41) is -4.67. The lowest BCUT2D eigenvalue weighted by Crippen LogP contribution is -2.37. The van der Waals surface area contributed by atoms with E-state index in [4.69, 9.17) is 4.55 Å². The fraction of sp³-hybridized carbons (Fsp3) is 0.900. The second-order valence-electron chi connectivity index (χ2n) is 4.46. The molecule has 0 radical (unpaired) electrons. The second-order valence-corrected chi connectivity index (χ2v) is 5.92. The maximum Gasteiger partial charge on any atom is 0.426 e.